The van der Waals surface area contributed by atoms with Crippen LogP contribution < -0.4 is 15.4 Å². The maximum absolute atomic E-state index is 13.2. The van der Waals surface area contributed by atoms with Gasteiger partial charge in [0.05, 0.1) is 181 Å². The maximum Gasteiger partial charge on any atom is 0.266 e. The van der Waals surface area contributed by atoms with E-state index in [1.165, 1.54) is 23.1 Å². The summed E-state index contributed by atoms with van der Waals surface area (Å²) in [6, 6.07) is 10.5. The third kappa shape index (κ3) is 20.8. The highest BCUT2D eigenvalue weighted by Crippen LogP contribution is 2.40. The van der Waals surface area contributed by atoms with E-state index in [1.807, 2.05) is 35.8 Å². The van der Waals surface area contributed by atoms with Crippen molar-refractivity contribution in [3.05, 3.63) is 91.8 Å². The van der Waals surface area contributed by atoms with E-state index in [-0.39, 0.29) is 67.4 Å². The molecule has 1 unspecified atom stereocenters. The number of nitrogens with zero attached hydrogens (tertiary/aromatic N) is 5. The summed E-state index contributed by atoms with van der Waals surface area (Å²) in [6.07, 6.45) is -0.00650. The lowest BCUT2D eigenvalue weighted by molar-refractivity contribution is -0.132. The van der Waals surface area contributed by atoms with Crippen molar-refractivity contribution in [3.8, 4) is 10.8 Å². The second-order valence-corrected chi connectivity index (χ2v) is 21.4. The molecular weight excluding hydrogens is 1160 g/mol. The lowest BCUT2D eigenvalue weighted by atomic mass is 9.92. The molecule has 0 bridgehead atoms. The molecule has 2 atom stereocenters. The zero-order valence-corrected chi connectivity index (χ0v) is 50.6. The third-order valence-corrected chi connectivity index (χ3v) is 15.1. The minimum Gasteiger partial charge on any atom is -0.483 e. The number of Topliss-reactive ketones (excluding diaryl/α,β-unsaturated/α-hetero) is 2. The first-order valence-electron chi connectivity index (χ1n) is 28.9. The van der Waals surface area contributed by atoms with Gasteiger partial charge in [0.15, 0.2) is 18.2 Å². The number of rotatable bonds is 43. The summed E-state index contributed by atoms with van der Waals surface area (Å²) in [5.74, 6) is -1.20. The van der Waals surface area contributed by atoms with Crippen LogP contribution in [0.5, 0.6) is 5.75 Å². The summed E-state index contributed by atoms with van der Waals surface area (Å²) in [4.78, 5) is 83.2. The minimum atomic E-state index is -0.998. The first kappa shape index (κ1) is 67.5. The van der Waals surface area contributed by atoms with Crippen LogP contribution in [-0.4, -0.2) is 232 Å². The number of aliphatic imine (C=N–C) groups is 1. The topological polar surface area (TPSA) is 284 Å². The number of hydrogen-bond acceptors (Lipinski definition) is 22. The molecule has 2 aromatic carbocycles. The molecule has 86 heavy (non-hydrogen) atoms. The number of aromatic nitrogens is 3. The summed E-state index contributed by atoms with van der Waals surface area (Å²) in [7, 11) is 0. The molecule has 1 saturated carbocycles. The number of benzene rings is 2. The molecule has 0 saturated heterocycles. The fraction of sp³-hybridized carbons (Fsp3) is 0.576. The van der Waals surface area contributed by atoms with Gasteiger partial charge in [0.2, 0.25) is 5.91 Å². The van der Waals surface area contributed by atoms with Crippen molar-refractivity contribution in [2.45, 2.75) is 58.5 Å². The van der Waals surface area contributed by atoms with E-state index < -0.39 is 42.2 Å². The van der Waals surface area contributed by atoms with Gasteiger partial charge in [-0.05, 0) is 57.0 Å². The normalized spacial score (nSPS) is 15.6. The summed E-state index contributed by atoms with van der Waals surface area (Å²) in [6.45, 7) is 15.1. The van der Waals surface area contributed by atoms with Gasteiger partial charge >= 0.3 is 0 Å². The van der Waals surface area contributed by atoms with Crippen LogP contribution in [0.15, 0.2) is 47.5 Å². The van der Waals surface area contributed by atoms with E-state index in [2.05, 4.69) is 34.7 Å². The van der Waals surface area contributed by atoms with Crippen molar-refractivity contribution in [1.29, 1.82) is 0 Å². The number of carbonyl (C=O) groups is 6. The van der Waals surface area contributed by atoms with Crippen molar-refractivity contribution in [1.82, 2.24) is 30.3 Å². The molecule has 2 N–H and O–H groups in total. The number of amides is 4. The number of ether oxygens (including phenoxy) is 12. The molecule has 3 aliphatic rings. The molecular formula is C59H78ClN7O18S. The average Bonchev–Trinajstić information content (AvgIpc) is 2.26. The number of halogens is 1. The van der Waals surface area contributed by atoms with Crippen molar-refractivity contribution in [2.75, 3.05) is 165 Å². The monoisotopic (exact) mass is 1240 g/mol. The first-order chi connectivity index (χ1) is 41.9. The van der Waals surface area contributed by atoms with Gasteiger partial charge in [-0.1, -0.05) is 29.8 Å². The number of nitrogens with one attached hydrogen (secondary N) is 2. The Morgan fingerprint density at radius 2 is 1.09 bits per heavy atom. The third-order valence-electron chi connectivity index (χ3n) is 13.6. The van der Waals surface area contributed by atoms with Crippen LogP contribution in [0.1, 0.15) is 85.7 Å². The van der Waals surface area contributed by atoms with Crippen molar-refractivity contribution < 1.29 is 85.6 Å². The second kappa shape index (κ2) is 37.0. The van der Waals surface area contributed by atoms with Gasteiger partial charge in [0.1, 0.15) is 28.4 Å². The second-order valence-electron chi connectivity index (χ2n) is 19.7. The summed E-state index contributed by atoms with van der Waals surface area (Å²) >= 11 is 7.89. The summed E-state index contributed by atoms with van der Waals surface area (Å²) < 4.78 is 68.6. The van der Waals surface area contributed by atoms with Crippen LogP contribution in [0.3, 0.4) is 0 Å². The fourth-order valence-corrected chi connectivity index (χ4v) is 10.5. The Bertz CT molecular complexity index is 2870. The Hall–Kier alpha value is -5.98. The Labute approximate surface area is 508 Å². The molecule has 27 heteroatoms. The summed E-state index contributed by atoms with van der Waals surface area (Å²) in [5, 5.41) is 16.1. The Balaban J connectivity index is 0.564. The summed E-state index contributed by atoms with van der Waals surface area (Å²) in [5.41, 5.74) is 3.93. The van der Waals surface area contributed by atoms with E-state index in [9.17, 15) is 28.8 Å². The van der Waals surface area contributed by atoms with E-state index in [0.717, 1.165) is 38.1 Å². The van der Waals surface area contributed by atoms with Crippen LogP contribution in [0.2, 0.25) is 5.02 Å². The highest BCUT2D eigenvalue weighted by molar-refractivity contribution is 7.15. The molecule has 0 radical (unpaired) electrons. The van der Waals surface area contributed by atoms with Crippen LogP contribution in [0.4, 0.5) is 0 Å². The predicted molar refractivity (Wildman–Crippen MR) is 313 cm³/mol. The zero-order chi connectivity index (χ0) is 60.9. The van der Waals surface area contributed by atoms with Gasteiger partial charge in [-0.15, -0.1) is 21.5 Å². The molecule has 25 nitrogen and oxygen atoms in total. The average molecular weight is 1240 g/mol. The zero-order valence-electron chi connectivity index (χ0n) is 49.1. The van der Waals surface area contributed by atoms with Crippen LogP contribution in [0.25, 0.3) is 5.00 Å². The molecule has 2 aromatic heterocycles. The van der Waals surface area contributed by atoms with Gasteiger partial charge < -0.3 is 67.5 Å². The molecule has 1 fully saturated rings. The SMILES string of the molecule is Cc1sc2c(c1C)C(c1ccc(Cl)cc1)=N[C@@H](CC(=O)NCCOCCOCCOCCOCCOCCOCCOCCOCCOCCOCCOCCNC(=O)COc1cccc3c1C(=O)N(C1CCC(=O)CC1=O)C3=O)c1nnc(C)n1-2. The lowest BCUT2D eigenvalue weighted by Gasteiger charge is -2.27. The number of imide groups is 1. The highest BCUT2D eigenvalue weighted by Gasteiger charge is 2.46. The lowest BCUT2D eigenvalue weighted by Crippen LogP contribution is -2.47. The maximum atomic E-state index is 13.2. The van der Waals surface area contributed by atoms with E-state index in [4.69, 9.17) is 73.4 Å². The van der Waals surface area contributed by atoms with Crippen molar-refractivity contribution in [3.63, 3.8) is 0 Å². The van der Waals surface area contributed by atoms with Gasteiger partial charge in [-0.25, -0.2) is 0 Å². The number of ketones is 2. The number of thiophene rings is 1. The highest BCUT2D eigenvalue weighted by atomic mass is 35.5. The quantitative estimate of drug-likeness (QED) is 0.0360. The number of carbonyl (C=O) groups excluding carboxylic acids is 6. The first-order valence-corrected chi connectivity index (χ1v) is 30.0. The predicted octanol–water partition coefficient (Wildman–Crippen LogP) is 3.97. The molecule has 470 valence electrons. The number of aryl methyl sites for hydroxylation is 2. The fourth-order valence-electron chi connectivity index (χ4n) is 9.21. The van der Waals surface area contributed by atoms with E-state index in [0.29, 0.717) is 156 Å². The minimum absolute atomic E-state index is 0.00710. The Morgan fingerprint density at radius 3 is 1.59 bits per heavy atom. The van der Waals surface area contributed by atoms with Gasteiger partial charge in [0, 0.05) is 40.5 Å². The van der Waals surface area contributed by atoms with Gasteiger partial charge in [-0.2, -0.15) is 0 Å². The smallest absolute Gasteiger partial charge is 0.266 e. The van der Waals surface area contributed by atoms with Crippen LogP contribution in [0, 0.1) is 20.8 Å². The molecule has 4 aromatic rings. The van der Waals surface area contributed by atoms with E-state index >= 15 is 0 Å². The van der Waals surface area contributed by atoms with Crippen LogP contribution >= 0.6 is 22.9 Å². The van der Waals surface area contributed by atoms with Crippen LogP contribution in [-0.2, 0) is 71.3 Å². The molecule has 1 aliphatic carbocycles. The van der Waals surface area contributed by atoms with Crippen molar-refractivity contribution >= 4 is 63.8 Å². The standard InChI is InChI=1S/C59H78ClN7O18S/c1-40-41(2)86-59-53(40)55(43-7-9-44(60)10-8-43)63-47(56-65-64-42(3)66(56)59)38-51(70)61-13-15-74-17-19-76-21-23-78-25-27-80-29-31-82-33-35-84-36-34-83-32-30-81-28-26-79-24-22-77-20-18-75-16-14-62-52(71)39-85-50-6-4-5-46-54(50)58(73)67(57(46)72)48-12-11-45(68)37-49(48)69/h4-10,47-48H,11-39H2,1-3H3,(H,61,70)(H,62,71)/t47-,48?/m0/s1. The number of fused-ring (bicyclic) bond motifs is 4. The molecule has 2 aliphatic heterocycles. The largest absolute Gasteiger partial charge is 0.483 e. The van der Waals surface area contributed by atoms with E-state index in [1.54, 1.807) is 11.3 Å². The number of hydrogen-bond donors (Lipinski definition) is 2. The Kier molecular flexibility index (Phi) is 29.1. The molecule has 4 heterocycles. The van der Waals surface area contributed by atoms with Gasteiger partial charge in [-0.3, -0.25) is 43.2 Å². The molecule has 4 amide bonds. The molecule has 7 rings (SSSR count). The van der Waals surface area contributed by atoms with Crippen molar-refractivity contribution in [2.24, 2.45) is 4.99 Å². The van der Waals surface area contributed by atoms with Gasteiger partial charge in [0.25, 0.3) is 17.7 Å². The Morgan fingerprint density at radius 1 is 0.605 bits per heavy atom. The molecule has 0 spiro atoms.